The molecule has 0 unspecified atom stereocenters. The number of anilines is 1. The van der Waals surface area contributed by atoms with Gasteiger partial charge < -0.3 is 9.64 Å². The molecule has 0 aromatic heterocycles. The molecule has 0 bridgehead atoms. The van der Waals surface area contributed by atoms with Crippen LogP contribution in [0.25, 0.3) is 0 Å². The van der Waals surface area contributed by atoms with Crippen molar-refractivity contribution in [2.24, 2.45) is 0 Å². The van der Waals surface area contributed by atoms with E-state index in [4.69, 9.17) is 10.00 Å². The summed E-state index contributed by atoms with van der Waals surface area (Å²) in [5, 5.41) is 8.93. The number of nitrogens with zero attached hydrogens (tertiary/aromatic N) is 2. The first kappa shape index (κ1) is 21.9. The highest BCUT2D eigenvalue weighted by molar-refractivity contribution is 7.89. The average molecular weight is 448 g/mol. The van der Waals surface area contributed by atoms with Gasteiger partial charge >= 0.3 is 0 Å². The normalized spacial score (nSPS) is 14.7. The smallest absolute Gasteiger partial charge is 0.240 e. The summed E-state index contributed by atoms with van der Waals surface area (Å²) in [6.45, 7) is 1.94. The lowest BCUT2D eigenvalue weighted by Crippen LogP contribution is -2.44. The number of benzene rings is 3. The SMILES string of the molecule is N#Cc1ccc(N2CCC(NS(=O)(=O)c3ccc(OCc4ccccc4)cc3)CC2)cc1. The molecule has 0 atom stereocenters. The van der Waals surface area contributed by atoms with Crippen molar-refractivity contribution in [2.45, 2.75) is 30.4 Å². The Kier molecular flexibility index (Phi) is 6.74. The quantitative estimate of drug-likeness (QED) is 0.590. The Balaban J connectivity index is 1.30. The van der Waals surface area contributed by atoms with E-state index in [1.54, 1.807) is 36.4 Å². The van der Waals surface area contributed by atoms with E-state index in [1.165, 1.54) is 0 Å². The Bertz CT molecular complexity index is 1160. The summed E-state index contributed by atoms with van der Waals surface area (Å²) < 4.78 is 34.2. The van der Waals surface area contributed by atoms with Crippen LogP contribution in [0.5, 0.6) is 5.75 Å². The molecule has 164 valence electrons. The minimum absolute atomic E-state index is 0.108. The molecule has 32 heavy (non-hydrogen) atoms. The van der Waals surface area contributed by atoms with Crippen molar-refractivity contribution >= 4 is 15.7 Å². The van der Waals surface area contributed by atoms with Gasteiger partial charge in [-0.3, -0.25) is 0 Å². The van der Waals surface area contributed by atoms with Crippen molar-refractivity contribution in [3.8, 4) is 11.8 Å². The third-order valence-corrected chi connectivity index (χ3v) is 7.10. The maximum atomic E-state index is 12.8. The van der Waals surface area contributed by atoms with Crippen LogP contribution in [0.4, 0.5) is 5.69 Å². The van der Waals surface area contributed by atoms with Crippen LogP contribution < -0.4 is 14.4 Å². The Morgan fingerprint density at radius 3 is 2.22 bits per heavy atom. The molecule has 1 aliphatic heterocycles. The van der Waals surface area contributed by atoms with Crippen LogP contribution in [0.2, 0.25) is 0 Å². The van der Waals surface area contributed by atoms with Gasteiger partial charge in [-0.2, -0.15) is 5.26 Å². The molecule has 3 aromatic rings. The summed E-state index contributed by atoms with van der Waals surface area (Å²) in [4.78, 5) is 2.45. The minimum Gasteiger partial charge on any atom is -0.489 e. The second kappa shape index (κ2) is 9.86. The van der Waals surface area contributed by atoms with Crippen molar-refractivity contribution in [2.75, 3.05) is 18.0 Å². The predicted octanol–water partition coefficient (Wildman–Crippen LogP) is 4.08. The molecule has 1 heterocycles. The first-order valence-corrected chi connectivity index (χ1v) is 12.1. The van der Waals surface area contributed by atoms with Gasteiger partial charge in [-0.25, -0.2) is 13.1 Å². The topological polar surface area (TPSA) is 82.4 Å². The lowest BCUT2D eigenvalue weighted by atomic mass is 10.1. The Hall–Kier alpha value is -3.34. The van der Waals surface area contributed by atoms with Crippen LogP contribution in [0.1, 0.15) is 24.0 Å². The molecule has 6 nitrogen and oxygen atoms in total. The highest BCUT2D eigenvalue weighted by Crippen LogP contribution is 2.22. The molecule has 7 heteroatoms. The van der Waals surface area contributed by atoms with Crippen LogP contribution in [0.15, 0.2) is 83.8 Å². The predicted molar refractivity (Wildman–Crippen MR) is 124 cm³/mol. The summed E-state index contributed by atoms with van der Waals surface area (Å²) in [6.07, 6.45) is 1.44. The van der Waals surface area contributed by atoms with Crippen molar-refractivity contribution in [1.29, 1.82) is 5.26 Å². The van der Waals surface area contributed by atoms with E-state index >= 15 is 0 Å². The lowest BCUT2D eigenvalue weighted by Gasteiger charge is -2.33. The van der Waals surface area contributed by atoms with Crippen molar-refractivity contribution in [1.82, 2.24) is 4.72 Å². The number of hydrogen-bond acceptors (Lipinski definition) is 5. The third kappa shape index (κ3) is 5.47. The highest BCUT2D eigenvalue weighted by Gasteiger charge is 2.25. The van der Waals surface area contributed by atoms with Crippen LogP contribution >= 0.6 is 0 Å². The molecular formula is C25H25N3O3S. The monoisotopic (exact) mass is 447 g/mol. The maximum Gasteiger partial charge on any atom is 0.240 e. The van der Waals surface area contributed by atoms with Crippen molar-refractivity contribution < 1.29 is 13.2 Å². The fourth-order valence-corrected chi connectivity index (χ4v) is 5.05. The molecular weight excluding hydrogens is 422 g/mol. The molecule has 0 spiro atoms. The Morgan fingerprint density at radius 2 is 1.59 bits per heavy atom. The fraction of sp³-hybridized carbons (Fsp3) is 0.240. The van der Waals surface area contributed by atoms with Gasteiger partial charge in [-0.05, 0) is 66.9 Å². The van der Waals surface area contributed by atoms with Crippen molar-refractivity contribution in [3.63, 3.8) is 0 Å². The van der Waals surface area contributed by atoms with Gasteiger partial charge in [-0.15, -0.1) is 0 Å². The van der Waals surface area contributed by atoms with Crippen LogP contribution in [0.3, 0.4) is 0 Å². The summed E-state index contributed by atoms with van der Waals surface area (Å²) in [6, 6.07) is 25.8. The number of nitriles is 1. The highest BCUT2D eigenvalue weighted by atomic mass is 32.2. The van der Waals surface area contributed by atoms with E-state index in [1.807, 2.05) is 42.5 Å². The number of sulfonamides is 1. The van der Waals surface area contributed by atoms with E-state index in [2.05, 4.69) is 15.7 Å². The molecule has 0 saturated carbocycles. The zero-order chi connectivity index (χ0) is 22.4. The van der Waals surface area contributed by atoms with Gasteiger partial charge in [0.15, 0.2) is 0 Å². The van der Waals surface area contributed by atoms with Gasteiger partial charge in [0.25, 0.3) is 0 Å². The van der Waals surface area contributed by atoms with Gasteiger partial charge in [0.1, 0.15) is 12.4 Å². The molecule has 4 rings (SSSR count). The summed E-state index contributed by atoms with van der Waals surface area (Å²) in [5.41, 5.74) is 2.74. The largest absolute Gasteiger partial charge is 0.489 e. The number of ether oxygens (including phenoxy) is 1. The molecule has 1 N–H and O–H groups in total. The minimum atomic E-state index is -3.60. The lowest BCUT2D eigenvalue weighted by molar-refractivity contribution is 0.306. The maximum absolute atomic E-state index is 12.8. The van der Waals surface area contributed by atoms with Gasteiger partial charge in [0.05, 0.1) is 16.5 Å². The number of rotatable bonds is 7. The molecule has 0 radical (unpaired) electrons. The van der Waals surface area contributed by atoms with Gasteiger partial charge in [-0.1, -0.05) is 30.3 Å². The molecule has 3 aromatic carbocycles. The Labute approximate surface area is 189 Å². The van der Waals surface area contributed by atoms with E-state index in [0.717, 1.165) is 37.2 Å². The van der Waals surface area contributed by atoms with Gasteiger partial charge in [0, 0.05) is 24.8 Å². The van der Waals surface area contributed by atoms with E-state index in [-0.39, 0.29) is 10.9 Å². The zero-order valence-electron chi connectivity index (χ0n) is 17.6. The average Bonchev–Trinajstić information content (AvgIpc) is 2.84. The third-order valence-electron chi connectivity index (χ3n) is 5.56. The number of hydrogen-bond donors (Lipinski definition) is 1. The summed E-state index contributed by atoms with van der Waals surface area (Å²) >= 11 is 0. The van der Waals surface area contributed by atoms with Crippen molar-refractivity contribution in [3.05, 3.63) is 90.0 Å². The van der Waals surface area contributed by atoms with E-state index < -0.39 is 10.0 Å². The standard InChI is InChI=1S/C25H25N3O3S/c26-18-20-6-8-23(9-7-20)28-16-14-22(15-17-28)27-32(29,30)25-12-10-24(11-13-25)31-19-21-4-2-1-3-5-21/h1-13,22,27H,14-17,19H2. The van der Waals surface area contributed by atoms with E-state index in [0.29, 0.717) is 17.9 Å². The number of nitrogens with one attached hydrogen (secondary N) is 1. The summed E-state index contributed by atoms with van der Waals surface area (Å²) in [5.74, 6) is 0.628. The van der Waals surface area contributed by atoms with Gasteiger partial charge in [0.2, 0.25) is 10.0 Å². The zero-order valence-corrected chi connectivity index (χ0v) is 18.5. The molecule has 1 aliphatic rings. The second-order valence-corrected chi connectivity index (χ2v) is 9.50. The van der Waals surface area contributed by atoms with Crippen LogP contribution in [0, 0.1) is 11.3 Å². The Morgan fingerprint density at radius 1 is 0.938 bits per heavy atom. The van der Waals surface area contributed by atoms with Crippen LogP contribution in [-0.4, -0.2) is 27.5 Å². The molecule has 1 fully saturated rings. The molecule has 0 aliphatic carbocycles. The number of piperidine rings is 1. The first-order valence-electron chi connectivity index (χ1n) is 10.6. The first-order chi connectivity index (χ1) is 15.5. The summed E-state index contributed by atoms with van der Waals surface area (Å²) in [7, 11) is -3.60. The molecule has 0 amide bonds. The molecule has 1 saturated heterocycles. The van der Waals surface area contributed by atoms with E-state index in [9.17, 15) is 8.42 Å². The van der Waals surface area contributed by atoms with Crippen LogP contribution in [-0.2, 0) is 16.6 Å². The second-order valence-electron chi connectivity index (χ2n) is 7.79. The fourth-order valence-electron chi connectivity index (χ4n) is 3.75.